The molecule has 1 aliphatic rings. The highest BCUT2D eigenvalue weighted by Crippen LogP contribution is 1.99. The molecule has 0 aromatic carbocycles. The van der Waals surface area contributed by atoms with E-state index in [2.05, 4.69) is 95.4 Å². The second kappa shape index (κ2) is 26.5. The first-order valence-corrected chi connectivity index (χ1v) is 15.2. The summed E-state index contributed by atoms with van der Waals surface area (Å²) in [4.78, 5) is 28.1. The number of rotatable bonds is 23. The highest BCUT2D eigenvalue weighted by Gasteiger charge is 2.12. The van der Waals surface area contributed by atoms with Crippen molar-refractivity contribution < 1.29 is 9.59 Å². The fourth-order valence-corrected chi connectivity index (χ4v) is 4.24. The van der Waals surface area contributed by atoms with E-state index < -0.39 is 0 Å². The van der Waals surface area contributed by atoms with Crippen LogP contribution in [0.5, 0.6) is 0 Å². The Morgan fingerprint density at radius 2 is 1.32 bits per heavy atom. The van der Waals surface area contributed by atoms with Gasteiger partial charge >= 0.3 is 0 Å². The average molecular weight is 554 g/mol. The number of nitrogens with one attached hydrogen (secondary N) is 2. The van der Waals surface area contributed by atoms with Crippen LogP contribution in [0.2, 0.25) is 0 Å². The van der Waals surface area contributed by atoms with Crippen LogP contribution >= 0.6 is 0 Å². The van der Waals surface area contributed by atoms with Gasteiger partial charge in [0.05, 0.1) is 6.54 Å². The molecule has 2 amide bonds. The van der Waals surface area contributed by atoms with Crippen LogP contribution in [-0.2, 0) is 9.59 Å². The smallest absolute Gasteiger partial charge is 0.231 e. The maximum atomic E-state index is 12.1. The van der Waals surface area contributed by atoms with Crippen molar-refractivity contribution in [3.8, 4) is 0 Å². The predicted octanol–water partition coefficient (Wildman–Crippen LogP) is 4.66. The number of primary amides is 1. The van der Waals surface area contributed by atoms with Crippen molar-refractivity contribution in [2.24, 2.45) is 5.73 Å². The molecule has 0 atom stereocenters. The van der Waals surface area contributed by atoms with Crippen LogP contribution in [0.3, 0.4) is 0 Å². The van der Waals surface area contributed by atoms with Crippen LogP contribution in [0.1, 0.15) is 64.7 Å². The maximum absolute atomic E-state index is 12.1. The largest absolute Gasteiger partial charge is 0.369 e. The van der Waals surface area contributed by atoms with Crippen LogP contribution in [0.15, 0.2) is 72.9 Å². The number of amides is 2. The van der Waals surface area contributed by atoms with E-state index in [4.69, 9.17) is 5.73 Å². The Bertz CT molecular complexity index is 823. The number of nitrogens with zero attached hydrogens (tertiary/aromatic N) is 2. The van der Waals surface area contributed by atoms with Gasteiger partial charge in [0.25, 0.3) is 0 Å². The molecular formula is C33H55N5O2. The van der Waals surface area contributed by atoms with Crippen LogP contribution in [0, 0.1) is 0 Å². The summed E-state index contributed by atoms with van der Waals surface area (Å²) in [5, 5.41) is 6.33. The van der Waals surface area contributed by atoms with Gasteiger partial charge in [-0.15, -0.1) is 0 Å². The minimum atomic E-state index is -0.328. The Morgan fingerprint density at radius 1 is 0.800 bits per heavy atom. The van der Waals surface area contributed by atoms with Gasteiger partial charge in [0.2, 0.25) is 11.8 Å². The number of carbonyl (C=O) groups is 2. The van der Waals surface area contributed by atoms with Crippen molar-refractivity contribution in [3.63, 3.8) is 0 Å². The Balaban J connectivity index is 2.05. The molecule has 40 heavy (non-hydrogen) atoms. The minimum Gasteiger partial charge on any atom is -0.369 e. The van der Waals surface area contributed by atoms with Crippen molar-refractivity contribution in [2.45, 2.75) is 64.7 Å². The normalized spacial score (nSPS) is 15.3. The van der Waals surface area contributed by atoms with E-state index in [1.807, 2.05) is 4.90 Å². The molecular weight excluding hydrogens is 498 g/mol. The number of hydrogen-bond donors (Lipinski definition) is 3. The fraction of sp³-hybridized carbons (Fsp3) is 0.576. The van der Waals surface area contributed by atoms with E-state index in [0.29, 0.717) is 19.5 Å². The molecule has 1 saturated heterocycles. The van der Waals surface area contributed by atoms with E-state index in [0.717, 1.165) is 90.6 Å². The molecule has 0 bridgehead atoms. The third kappa shape index (κ3) is 23.2. The summed E-state index contributed by atoms with van der Waals surface area (Å²) >= 11 is 0. The van der Waals surface area contributed by atoms with Crippen molar-refractivity contribution in [1.82, 2.24) is 20.4 Å². The van der Waals surface area contributed by atoms with Gasteiger partial charge in [-0.2, -0.15) is 0 Å². The van der Waals surface area contributed by atoms with E-state index in [9.17, 15) is 9.59 Å². The zero-order valence-corrected chi connectivity index (χ0v) is 24.9. The SMILES string of the molecule is CC/C=C\C/C=C\C/C=C\C/C=C\C/C=C\C/C=C\CCC(=O)NCCN(CCCN1CCNCC1)CC(N)=O. The van der Waals surface area contributed by atoms with Gasteiger partial charge in [-0.25, -0.2) is 0 Å². The minimum absolute atomic E-state index is 0.0411. The molecule has 1 fully saturated rings. The molecule has 0 saturated carbocycles. The first kappa shape index (κ1) is 35.3. The summed E-state index contributed by atoms with van der Waals surface area (Å²) in [6, 6.07) is 0. The van der Waals surface area contributed by atoms with Crippen molar-refractivity contribution >= 4 is 11.8 Å². The van der Waals surface area contributed by atoms with Crippen LogP contribution in [0.25, 0.3) is 0 Å². The number of hydrogen-bond acceptors (Lipinski definition) is 5. The molecule has 1 aliphatic heterocycles. The van der Waals surface area contributed by atoms with Gasteiger partial charge in [0.1, 0.15) is 0 Å². The summed E-state index contributed by atoms with van der Waals surface area (Å²) in [6.07, 6.45) is 34.2. The van der Waals surface area contributed by atoms with Crippen molar-refractivity contribution in [2.75, 3.05) is 58.9 Å². The number of allylic oxidation sites excluding steroid dienone is 12. The number of piperazine rings is 1. The Labute approximate surface area is 244 Å². The van der Waals surface area contributed by atoms with Gasteiger partial charge in [-0.05, 0) is 64.5 Å². The molecule has 0 aromatic rings. The van der Waals surface area contributed by atoms with Gasteiger partial charge in [-0.3, -0.25) is 14.5 Å². The lowest BCUT2D eigenvalue weighted by atomic mass is 10.2. The summed E-state index contributed by atoms with van der Waals surface area (Å²) in [6.45, 7) is 9.60. The average Bonchev–Trinajstić information content (AvgIpc) is 2.94. The summed E-state index contributed by atoms with van der Waals surface area (Å²) in [7, 11) is 0. The van der Waals surface area contributed by atoms with E-state index >= 15 is 0 Å². The molecule has 7 nitrogen and oxygen atoms in total. The van der Waals surface area contributed by atoms with Crippen molar-refractivity contribution in [3.05, 3.63) is 72.9 Å². The monoisotopic (exact) mass is 553 g/mol. The molecule has 0 aromatic heterocycles. The van der Waals surface area contributed by atoms with Crippen LogP contribution < -0.4 is 16.4 Å². The summed E-state index contributed by atoms with van der Waals surface area (Å²) in [5.74, 6) is -0.287. The second-order valence-electron chi connectivity index (χ2n) is 9.99. The lowest BCUT2D eigenvalue weighted by molar-refractivity contribution is -0.121. The van der Waals surface area contributed by atoms with Crippen LogP contribution in [0.4, 0.5) is 0 Å². The topological polar surface area (TPSA) is 90.7 Å². The molecule has 4 N–H and O–H groups in total. The standard InChI is InChI=1S/C33H55N5O2/c1-2-3-4-5-6-7-8-9-10-11-12-13-14-15-16-17-18-19-20-22-33(40)36-25-30-38(31-32(34)39)27-21-26-37-28-23-35-24-29-37/h3-4,6-7,9-10,12-13,15-16,18-19,35H,2,5,8,11,14,17,20-31H2,1H3,(H2,34,39)(H,36,40)/b4-3-,7-6-,10-9-,13-12-,16-15-,19-18-. The Hall–Kier alpha value is -2.74. The lowest BCUT2D eigenvalue weighted by Crippen LogP contribution is -2.45. The molecule has 1 rings (SSSR count). The summed E-state index contributed by atoms with van der Waals surface area (Å²) < 4.78 is 0. The quantitative estimate of drug-likeness (QED) is 0.160. The highest BCUT2D eigenvalue weighted by molar-refractivity contribution is 5.76. The van der Waals surface area contributed by atoms with Gasteiger partial charge in [-0.1, -0.05) is 79.8 Å². The predicted molar refractivity (Wildman–Crippen MR) is 170 cm³/mol. The number of nitrogens with two attached hydrogens (primary N) is 1. The zero-order chi connectivity index (χ0) is 28.9. The van der Waals surface area contributed by atoms with E-state index in [1.54, 1.807) is 0 Å². The van der Waals surface area contributed by atoms with Crippen LogP contribution in [-0.4, -0.2) is 80.5 Å². The molecule has 0 unspecified atom stereocenters. The molecule has 0 aliphatic carbocycles. The van der Waals surface area contributed by atoms with E-state index in [1.165, 1.54) is 0 Å². The third-order valence-electron chi connectivity index (χ3n) is 6.42. The van der Waals surface area contributed by atoms with Gasteiger partial charge < -0.3 is 21.3 Å². The maximum Gasteiger partial charge on any atom is 0.231 e. The Kier molecular flexibility index (Phi) is 23.4. The van der Waals surface area contributed by atoms with Gasteiger partial charge in [0.15, 0.2) is 0 Å². The first-order chi connectivity index (χ1) is 19.6. The molecule has 1 heterocycles. The van der Waals surface area contributed by atoms with Gasteiger partial charge in [0, 0.05) is 45.7 Å². The molecule has 224 valence electrons. The molecule has 0 spiro atoms. The highest BCUT2D eigenvalue weighted by atomic mass is 16.2. The number of carbonyl (C=O) groups excluding carboxylic acids is 2. The lowest BCUT2D eigenvalue weighted by Gasteiger charge is -2.28. The second-order valence-corrected chi connectivity index (χ2v) is 9.99. The summed E-state index contributed by atoms with van der Waals surface area (Å²) in [5.41, 5.74) is 5.42. The molecule has 0 radical (unpaired) electrons. The zero-order valence-electron chi connectivity index (χ0n) is 24.9. The van der Waals surface area contributed by atoms with Crippen molar-refractivity contribution in [1.29, 1.82) is 0 Å². The third-order valence-corrected chi connectivity index (χ3v) is 6.42. The first-order valence-electron chi connectivity index (χ1n) is 15.2. The molecule has 7 heteroatoms. The Morgan fingerprint density at radius 3 is 1.85 bits per heavy atom. The van der Waals surface area contributed by atoms with E-state index in [-0.39, 0.29) is 18.4 Å². The fourth-order valence-electron chi connectivity index (χ4n) is 4.24.